The zero-order valence-electron chi connectivity index (χ0n) is 15.2. The van der Waals surface area contributed by atoms with Crippen LogP contribution in [0.2, 0.25) is 0 Å². The van der Waals surface area contributed by atoms with Crippen molar-refractivity contribution in [2.75, 3.05) is 17.7 Å². The zero-order chi connectivity index (χ0) is 20.9. The number of carbonyl (C=O) groups is 1. The van der Waals surface area contributed by atoms with Gasteiger partial charge in [0.05, 0.1) is 18.4 Å². The van der Waals surface area contributed by atoms with Crippen LogP contribution in [0, 0.1) is 0 Å². The fourth-order valence-corrected chi connectivity index (χ4v) is 2.50. The SMILES string of the molecule is COc1ccccc1Nc1ncccc1C(=O)Nc1ccc(OC(F)(F)F)cc1. The Morgan fingerprint density at radius 3 is 2.41 bits per heavy atom. The normalized spacial score (nSPS) is 10.9. The average molecular weight is 403 g/mol. The fraction of sp³-hybridized carbons (Fsp3) is 0.100. The number of amides is 1. The van der Waals surface area contributed by atoms with Crippen molar-refractivity contribution >= 4 is 23.1 Å². The summed E-state index contributed by atoms with van der Waals surface area (Å²) >= 11 is 0. The second kappa shape index (κ2) is 8.51. The highest BCUT2D eigenvalue weighted by Gasteiger charge is 2.31. The van der Waals surface area contributed by atoms with Crippen LogP contribution in [0.4, 0.5) is 30.4 Å². The van der Waals surface area contributed by atoms with Crippen molar-refractivity contribution in [3.8, 4) is 11.5 Å². The number of nitrogens with zero attached hydrogens (tertiary/aromatic N) is 1. The fourth-order valence-electron chi connectivity index (χ4n) is 2.50. The molecule has 0 atom stereocenters. The molecule has 150 valence electrons. The Balaban J connectivity index is 1.76. The molecule has 0 unspecified atom stereocenters. The first-order chi connectivity index (χ1) is 13.9. The Labute approximate surface area is 164 Å². The molecule has 0 fully saturated rings. The molecule has 0 aliphatic carbocycles. The summed E-state index contributed by atoms with van der Waals surface area (Å²) in [4.78, 5) is 16.9. The number of anilines is 3. The van der Waals surface area contributed by atoms with Crippen molar-refractivity contribution in [2.24, 2.45) is 0 Å². The minimum absolute atomic E-state index is 0.244. The van der Waals surface area contributed by atoms with Gasteiger partial charge in [-0.05, 0) is 48.5 Å². The topological polar surface area (TPSA) is 72.5 Å². The van der Waals surface area contributed by atoms with Crippen molar-refractivity contribution < 1.29 is 27.4 Å². The van der Waals surface area contributed by atoms with Crippen LogP contribution < -0.4 is 20.1 Å². The van der Waals surface area contributed by atoms with E-state index in [4.69, 9.17) is 4.74 Å². The molecular weight excluding hydrogens is 387 g/mol. The predicted octanol–water partition coefficient (Wildman–Crippen LogP) is 4.98. The van der Waals surface area contributed by atoms with Crippen LogP contribution in [0.1, 0.15) is 10.4 Å². The number of ether oxygens (including phenoxy) is 2. The van der Waals surface area contributed by atoms with Crippen LogP contribution >= 0.6 is 0 Å². The van der Waals surface area contributed by atoms with E-state index in [1.54, 1.807) is 30.3 Å². The number of carbonyl (C=O) groups excluding carboxylic acids is 1. The third kappa shape index (κ3) is 5.38. The molecule has 29 heavy (non-hydrogen) atoms. The Kier molecular flexibility index (Phi) is 5.87. The molecule has 0 aliphatic heterocycles. The quantitative estimate of drug-likeness (QED) is 0.607. The molecule has 2 N–H and O–H groups in total. The Morgan fingerprint density at radius 2 is 1.72 bits per heavy atom. The van der Waals surface area contributed by atoms with Gasteiger partial charge in [0.25, 0.3) is 5.91 Å². The van der Waals surface area contributed by atoms with E-state index in [1.165, 1.54) is 25.4 Å². The summed E-state index contributed by atoms with van der Waals surface area (Å²) in [6.07, 6.45) is -3.25. The highest BCUT2D eigenvalue weighted by molar-refractivity contribution is 6.07. The number of methoxy groups -OCH3 is 1. The van der Waals surface area contributed by atoms with E-state index < -0.39 is 12.3 Å². The Hall–Kier alpha value is -3.75. The van der Waals surface area contributed by atoms with Gasteiger partial charge in [-0.15, -0.1) is 13.2 Å². The Morgan fingerprint density at radius 1 is 1.00 bits per heavy atom. The monoisotopic (exact) mass is 403 g/mol. The van der Waals surface area contributed by atoms with Gasteiger partial charge in [-0.2, -0.15) is 0 Å². The number of halogens is 3. The predicted molar refractivity (Wildman–Crippen MR) is 102 cm³/mol. The van der Waals surface area contributed by atoms with Crippen LogP contribution in [0.5, 0.6) is 11.5 Å². The van der Waals surface area contributed by atoms with Crippen LogP contribution in [0.3, 0.4) is 0 Å². The number of hydrogen-bond acceptors (Lipinski definition) is 5. The molecule has 2 aromatic carbocycles. The maximum Gasteiger partial charge on any atom is 0.573 e. The third-order valence-corrected chi connectivity index (χ3v) is 3.76. The minimum Gasteiger partial charge on any atom is -0.495 e. The molecule has 9 heteroatoms. The first kappa shape index (κ1) is 20.0. The number of rotatable bonds is 6. The minimum atomic E-state index is -4.78. The molecule has 0 bridgehead atoms. The van der Waals surface area contributed by atoms with Gasteiger partial charge in [0, 0.05) is 11.9 Å². The van der Waals surface area contributed by atoms with Gasteiger partial charge >= 0.3 is 6.36 Å². The molecule has 3 aromatic rings. The number of pyridine rings is 1. The van der Waals surface area contributed by atoms with Gasteiger partial charge in [-0.1, -0.05) is 12.1 Å². The van der Waals surface area contributed by atoms with Gasteiger partial charge in [-0.3, -0.25) is 4.79 Å². The number of alkyl halides is 3. The lowest BCUT2D eigenvalue weighted by molar-refractivity contribution is -0.274. The lowest BCUT2D eigenvalue weighted by Crippen LogP contribution is -2.17. The smallest absolute Gasteiger partial charge is 0.495 e. The summed E-state index contributed by atoms with van der Waals surface area (Å²) in [5, 5.41) is 5.67. The van der Waals surface area contributed by atoms with Crippen molar-refractivity contribution in [1.29, 1.82) is 0 Å². The lowest BCUT2D eigenvalue weighted by atomic mass is 10.2. The number of benzene rings is 2. The number of para-hydroxylation sites is 2. The lowest BCUT2D eigenvalue weighted by Gasteiger charge is -2.14. The van der Waals surface area contributed by atoms with Crippen LogP contribution in [-0.2, 0) is 0 Å². The van der Waals surface area contributed by atoms with E-state index in [9.17, 15) is 18.0 Å². The molecule has 1 heterocycles. The maximum absolute atomic E-state index is 12.7. The number of aromatic nitrogens is 1. The summed E-state index contributed by atoms with van der Waals surface area (Å²) in [6.45, 7) is 0. The van der Waals surface area contributed by atoms with E-state index in [0.717, 1.165) is 12.1 Å². The summed E-state index contributed by atoms with van der Waals surface area (Å²) in [5.41, 5.74) is 1.17. The standard InChI is InChI=1S/C20H16F3N3O3/c1-28-17-7-3-2-6-16(17)26-18-15(5-4-12-24-18)19(27)25-13-8-10-14(11-9-13)29-20(21,22)23/h2-12H,1H3,(H,24,26)(H,25,27). The van der Waals surface area contributed by atoms with Crippen LogP contribution in [0.25, 0.3) is 0 Å². The van der Waals surface area contributed by atoms with E-state index in [1.807, 2.05) is 6.07 Å². The molecular formula is C20H16F3N3O3. The van der Waals surface area contributed by atoms with Crippen LogP contribution in [0.15, 0.2) is 66.9 Å². The molecule has 3 rings (SSSR count). The molecule has 0 radical (unpaired) electrons. The van der Waals surface area contributed by atoms with Crippen LogP contribution in [-0.4, -0.2) is 24.4 Å². The van der Waals surface area contributed by atoms with Gasteiger partial charge in [-0.25, -0.2) is 4.98 Å². The molecule has 0 saturated carbocycles. The number of hydrogen-bond donors (Lipinski definition) is 2. The van der Waals surface area contributed by atoms with Gasteiger partial charge in [0.2, 0.25) is 0 Å². The van der Waals surface area contributed by atoms with Gasteiger partial charge in [0.1, 0.15) is 17.3 Å². The molecule has 0 spiro atoms. The highest BCUT2D eigenvalue weighted by atomic mass is 19.4. The van der Waals surface area contributed by atoms with Gasteiger partial charge < -0.3 is 20.1 Å². The average Bonchev–Trinajstić information content (AvgIpc) is 2.69. The molecule has 6 nitrogen and oxygen atoms in total. The highest BCUT2D eigenvalue weighted by Crippen LogP contribution is 2.28. The summed E-state index contributed by atoms with van der Waals surface area (Å²) in [7, 11) is 1.53. The van der Waals surface area contributed by atoms with Crippen molar-refractivity contribution in [2.45, 2.75) is 6.36 Å². The number of nitrogens with one attached hydrogen (secondary N) is 2. The first-order valence-electron chi connectivity index (χ1n) is 8.38. The maximum atomic E-state index is 12.7. The molecule has 1 amide bonds. The molecule has 0 saturated heterocycles. The van der Waals surface area contributed by atoms with E-state index >= 15 is 0 Å². The van der Waals surface area contributed by atoms with E-state index in [2.05, 4.69) is 20.4 Å². The summed E-state index contributed by atoms with van der Waals surface area (Å²) in [6, 6.07) is 15.2. The van der Waals surface area contributed by atoms with Crippen molar-refractivity contribution in [1.82, 2.24) is 4.98 Å². The zero-order valence-corrected chi connectivity index (χ0v) is 15.2. The van der Waals surface area contributed by atoms with Crippen molar-refractivity contribution in [3.63, 3.8) is 0 Å². The summed E-state index contributed by atoms with van der Waals surface area (Å²) < 4.78 is 45.8. The van der Waals surface area contributed by atoms with Crippen molar-refractivity contribution in [3.05, 3.63) is 72.4 Å². The molecule has 1 aromatic heterocycles. The third-order valence-electron chi connectivity index (χ3n) is 3.76. The second-order valence-corrected chi connectivity index (χ2v) is 5.75. The second-order valence-electron chi connectivity index (χ2n) is 5.75. The molecule has 0 aliphatic rings. The first-order valence-corrected chi connectivity index (χ1v) is 8.38. The van der Waals surface area contributed by atoms with Gasteiger partial charge in [0.15, 0.2) is 0 Å². The largest absolute Gasteiger partial charge is 0.573 e. The summed E-state index contributed by atoms with van der Waals surface area (Å²) in [5.74, 6) is 0.00619. The van der Waals surface area contributed by atoms with E-state index in [0.29, 0.717) is 22.9 Å². The Bertz CT molecular complexity index is 992. The van der Waals surface area contributed by atoms with E-state index in [-0.39, 0.29) is 11.3 Å².